The van der Waals surface area contributed by atoms with Crippen molar-refractivity contribution in [2.24, 2.45) is 5.92 Å². The first-order chi connectivity index (χ1) is 9.17. The standard InChI is InChI=1S/C13H15BrClNO3S/c1-8-3-11(14)4-9(2)13(8)16-6-10(5-12(16)17)7-20(15,18)19/h3-4,10H,5-7H2,1-2H3. The normalized spacial score (nSPS) is 19.7. The van der Waals surface area contributed by atoms with E-state index in [2.05, 4.69) is 15.9 Å². The second-order valence-corrected chi connectivity index (χ2v) is 8.91. The molecule has 1 aliphatic rings. The Morgan fingerprint density at radius 1 is 1.35 bits per heavy atom. The summed E-state index contributed by atoms with van der Waals surface area (Å²) < 4.78 is 23.3. The maximum absolute atomic E-state index is 12.1. The molecule has 110 valence electrons. The van der Waals surface area contributed by atoms with Crippen molar-refractivity contribution in [2.75, 3.05) is 17.2 Å². The van der Waals surface area contributed by atoms with E-state index in [4.69, 9.17) is 10.7 Å². The summed E-state index contributed by atoms with van der Waals surface area (Å²) in [6.45, 7) is 4.27. The first-order valence-electron chi connectivity index (χ1n) is 6.17. The summed E-state index contributed by atoms with van der Waals surface area (Å²) in [6, 6.07) is 3.89. The summed E-state index contributed by atoms with van der Waals surface area (Å²) in [6.07, 6.45) is 0.223. The van der Waals surface area contributed by atoms with Gasteiger partial charge in [0.2, 0.25) is 15.0 Å². The number of carbonyl (C=O) groups is 1. The number of benzene rings is 1. The fourth-order valence-corrected chi connectivity index (χ4v) is 4.73. The van der Waals surface area contributed by atoms with Crippen molar-refractivity contribution in [3.05, 3.63) is 27.7 Å². The van der Waals surface area contributed by atoms with Crippen LogP contribution in [-0.4, -0.2) is 26.6 Å². The van der Waals surface area contributed by atoms with Gasteiger partial charge in [-0.2, -0.15) is 0 Å². The predicted molar refractivity (Wildman–Crippen MR) is 83.7 cm³/mol. The average Bonchev–Trinajstić information content (AvgIpc) is 2.55. The van der Waals surface area contributed by atoms with Gasteiger partial charge in [-0.05, 0) is 37.1 Å². The first-order valence-corrected chi connectivity index (χ1v) is 9.44. The Kier molecular flexibility index (Phi) is 4.47. The van der Waals surface area contributed by atoms with E-state index >= 15 is 0 Å². The summed E-state index contributed by atoms with van der Waals surface area (Å²) in [5.41, 5.74) is 2.84. The Bertz CT molecular complexity index is 637. The minimum atomic E-state index is -3.58. The van der Waals surface area contributed by atoms with Crippen LogP contribution in [0.3, 0.4) is 0 Å². The smallest absolute Gasteiger partial charge is 0.232 e. The Morgan fingerprint density at radius 2 is 1.90 bits per heavy atom. The van der Waals surface area contributed by atoms with Crippen LogP contribution < -0.4 is 4.90 Å². The van der Waals surface area contributed by atoms with Crippen molar-refractivity contribution in [2.45, 2.75) is 20.3 Å². The van der Waals surface area contributed by atoms with Crippen molar-refractivity contribution >= 4 is 47.3 Å². The van der Waals surface area contributed by atoms with Gasteiger partial charge in [0.05, 0.1) is 5.75 Å². The highest BCUT2D eigenvalue weighted by molar-refractivity contribution is 9.10. The van der Waals surface area contributed by atoms with Crippen molar-refractivity contribution in [1.82, 2.24) is 0 Å². The van der Waals surface area contributed by atoms with E-state index < -0.39 is 9.05 Å². The Morgan fingerprint density at radius 3 is 2.40 bits per heavy atom. The van der Waals surface area contributed by atoms with E-state index in [-0.39, 0.29) is 24.0 Å². The number of halogens is 2. The van der Waals surface area contributed by atoms with Gasteiger partial charge in [-0.1, -0.05) is 15.9 Å². The number of nitrogens with zero attached hydrogens (tertiary/aromatic N) is 1. The number of rotatable bonds is 3. The molecular formula is C13H15BrClNO3S. The molecule has 1 aliphatic heterocycles. The zero-order valence-corrected chi connectivity index (χ0v) is 14.3. The van der Waals surface area contributed by atoms with E-state index in [0.717, 1.165) is 21.3 Å². The van der Waals surface area contributed by atoms with Crippen LogP contribution in [0.15, 0.2) is 16.6 Å². The first kappa shape index (κ1) is 15.8. The number of aryl methyl sites for hydroxylation is 2. The molecule has 0 saturated carbocycles. The molecule has 7 heteroatoms. The third-order valence-electron chi connectivity index (χ3n) is 3.37. The van der Waals surface area contributed by atoms with Gasteiger partial charge in [0, 0.05) is 39.7 Å². The lowest BCUT2D eigenvalue weighted by molar-refractivity contribution is -0.117. The number of anilines is 1. The highest BCUT2D eigenvalue weighted by atomic mass is 79.9. The highest BCUT2D eigenvalue weighted by Crippen LogP contribution is 2.33. The van der Waals surface area contributed by atoms with Gasteiger partial charge < -0.3 is 4.90 Å². The van der Waals surface area contributed by atoms with Gasteiger partial charge in [-0.25, -0.2) is 8.42 Å². The lowest BCUT2D eigenvalue weighted by Gasteiger charge is -2.22. The van der Waals surface area contributed by atoms with Crippen LogP contribution >= 0.6 is 26.6 Å². The number of hydrogen-bond donors (Lipinski definition) is 0. The molecule has 1 aromatic carbocycles. The van der Waals surface area contributed by atoms with Gasteiger partial charge >= 0.3 is 0 Å². The van der Waals surface area contributed by atoms with Crippen LogP contribution in [0.4, 0.5) is 5.69 Å². The van der Waals surface area contributed by atoms with Gasteiger partial charge in [-0.3, -0.25) is 4.79 Å². The topological polar surface area (TPSA) is 54.5 Å². The molecule has 1 heterocycles. The highest BCUT2D eigenvalue weighted by Gasteiger charge is 2.34. The molecule has 1 fully saturated rings. The SMILES string of the molecule is Cc1cc(Br)cc(C)c1N1CC(CS(=O)(=O)Cl)CC1=O. The molecule has 0 aliphatic carbocycles. The monoisotopic (exact) mass is 379 g/mol. The lowest BCUT2D eigenvalue weighted by atomic mass is 10.1. The second kappa shape index (κ2) is 5.66. The summed E-state index contributed by atoms with van der Waals surface area (Å²) in [5.74, 6) is -0.456. The van der Waals surface area contributed by atoms with E-state index in [1.165, 1.54) is 0 Å². The predicted octanol–water partition coefficient (Wildman–Crippen LogP) is 2.99. The Balaban J connectivity index is 2.29. The minimum absolute atomic E-state index is 0.0520. The summed E-state index contributed by atoms with van der Waals surface area (Å²) in [5, 5.41) is 0. The molecule has 20 heavy (non-hydrogen) atoms. The van der Waals surface area contributed by atoms with Crippen LogP contribution in [0.5, 0.6) is 0 Å². The molecule has 2 rings (SSSR count). The van der Waals surface area contributed by atoms with Gasteiger partial charge in [0.15, 0.2) is 0 Å². The van der Waals surface area contributed by atoms with Gasteiger partial charge in [-0.15, -0.1) is 0 Å². The fraction of sp³-hybridized carbons (Fsp3) is 0.462. The van der Waals surface area contributed by atoms with Crippen molar-refractivity contribution < 1.29 is 13.2 Å². The second-order valence-electron chi connectivity index (χ2n) is 5.17. The lowest BCUT2D eigenvalue weighted by Crippen LogP contribution is -2.27. The van der Waals surface area contributed by atoms with E-state index in [0.29, 0.717) is 6.54 Å². The summed E-state index contributed by atoms with van der Waals surface area (Å²) >= 11 is 3.42. The molecule has 1 atom stereocenters. The summed E-state index contributed by atoms with van der Waals surface area (Å²) in [4.78, 5) is 13.8. The average molecular weight is 381 g/mol. The molecule has 4 nitrogen and oxygen atoms in total. The third kappa shape index (κ3) is 3.54. The van der Waals surface area contributed by atoms with Crippen molar-refractivity contribution in [3.8, 4) is 0 Å². The molecule has 1 unspecified atom stereocenters. The maximum atomic E-state index is 12.1. The quantitative estimate of drug-likeness (QED) is 0.758. The third-order valence-corrected chi connectivity index (χ3v) is 5.07. The van der Waals surface area contributed by atoms with Gasteiger partial charge in [0.25, 0.3) is 0 Å². The van der Waals surface area contributed by atoms with Crippen LogP contribution in [0, 0.1) is 19.8 Å². The van der Waals surface area contributed by atoms with Crippen LogP contribution in [0.25, 0.3) is 0 Å². The molecular weight excluding hydrogens is 366 g/mol. The zero-order chi connectivity index (χ0) is 15.1. The summed E-state index contributed by atoms with van der Waals surface area (Å²) in [7, 11) is 1.70. The van der Waals surface area contributed by atoms with Crippen LogP contribution in [0.2, 0.25) is 0 Å². The number of hydrogen-bond acceptors (Lipinski definition) is 3. The van der Waals surface area contributed by atoms with Gasteiger partial charge in [0.1, 0.15) is 0 Å². The maximum Gasteiger partial charge on any atom is 0.232 e. The number of carbonyl (C=O) groups excluding carboxylic acids is 1. The van der Waals surface area contributed by atoms with Crippen molar-refractivity contribution in [3.63, 3.8) is 0 Å². The molecule has 0 radical (unpaired) electrons. The molecule has 0 aromatic heterocycles. The van der Waals surface area contributed by atoms with E-state index in [1.807, 2.05) is 26.0 Å². The largest absolute Gasteiger partial charge is 0.312 e. The molecule has 1 aromatic rings. The minimum Gasteiger partial charge on any atom is -0.312 e. The molecule has 0 N–H and O–H groups in total. The Labute approximate surface area is 131 Å². The van der Waals surface area contributed by atoms with E-state index in [9.17, 15) is 13.2 Å². The molecule has 0 spiro atoms. The fourth-order valence-electron chi connectivity index (χ4n) is 2.72. The number of amides is 1. The molecule has 1 amide bonds. The van der Waals surface area contributed by atoms with Crippen molar-refractivity contribution in [1.29, 1.82) is 0 Å². The van der Waals surface area contributed by atoms with E-state index in [1.54, 1.807) is 4.90 Å². The molecule has 1 saturated heterocycles. The molecule has 0 bridgehead atoms. The van der Waals surface area contributed by atoms with Crippen LogP contribution in [0.1, 0.15) is 17.5 Å². The van der Waals surface area contributed by atoms with Crippen LogP contribution in [-0.2, 0) is 13.8 Å². The Hall–Kier alpha value is -0.590. The zero-order valence-electron chi connectivity index (χ0n) is 11.2.